The zero-order valence-corrected chi connectivity index (χ0v) is 23.3. The number of carbonyl (C=O) groups excluding carboxylic acids is 1. The standard InChI is InChI=1S/C30H33FN8O/c1-30(2,3)17-34-26-19(14-32)15-33-28-23(26)12-21(13-24(28)29(40)38(4)5)35-27(18-6-8-20(31)9-7-18)25-16-39(37-36-25)22-10-11-22/h6-9,12-13,15-16,22,27,35H,10-11,17H2,1-5H3,(H,33,34)/t27-/m0/s1/i27D. The number of hydrogen-bond acceptors (Lipinski definition) is 7. The number of rotatable bonds is 8. The van der Waals surface area contributed by atoms with E-state index >= 15 is 0 Å². The van der Waals surface area contributed by atoms with Crippen molar-refractivity contribution >= 4 is 28.2 Å². The minimum Gasteiger partial charge on any atom is -0.383 e. The van der Waals surface area contributed by atoms with Crippen molar-refractivity contribution in [2.45, 2.75) is 45.7 Å². The van der Waals surface area contributed by atoms with E-state index in [1.807, 2.05) is 0 Å². The summed E-state index contributed by atoms with van der Waals surface area (Å²) in [4.78, 5) is 19.3. The van der Waals surface area contributed by atoms with Crippen molar-refractivity contribution in [3.63, 3.8) is 0 Å². The van der Waals surface area contributed by atoms with Crippen LogP contribution in [0, 0.1) is 22.6 Å². The van der Waals surface area contributed by atoms with E-state index in [0.29, 0.717) is 51.2 Å². The van der Waals surface area contributed by atoms with Crippen molar-refractivity contribution in [1.29, 1.82) is 5.26 Å². The molecular formula is C30H33FN8O. The molecule has 40 heavy (non-hydrogen) atoms. The molecular weight excluding hydrogens is 507 g/mol. The molecule has 1 fully saturated rings. The first-order valence-corrected chi connectivity index (χ1v) is 13.2. The third-order valence-electron chi connectivity index (χ3n) is 6.61. The smallest absolute Gasteiger partial charge is 0.255 e. The molecule has 1 amide bonds. The lowest BCUT2D eigenvalue weighted by Crippen LogP contribution is -2.23. The third-order valence-corrected chi connectivity index (χ3v) is 6.61. The predicted octanol–water partition coefficient (Wildman–Crippen LogP) is 5.53. The molecule has 1 saturated carbocycles. The second-order valence-electron chi connectivity index (χ2n) is 11.5. The fraction of sp³-hybridized carbons (Fsp3) is 0.367. The zero-order chi connectivity index (χ0) is 29.5. The van der Waals surface area contributed by atoms with E-state index in [1.54, 1.807) is 37.1 Å². The summed E-state index contributed by atoms with van der Waals surface area (Å²) in [7, 11) is 3.31. The van der Waals surface area contributed by atoms with Crippen LogP contribution >= 0.6 is 0 Å². The Bertz CT molecular complexity index is 1650. The first-order valence-electron chi connectivity index (χ1n) is 13.7. The maximum absolute atomic E-state index is 13.9. The van der Waals surface area contributed by atoms with Gasteiger partial charge in [0.1, 0.15) is 17.6 Å². The van der Waals surface area contributed by atoms with E-state index in [-0.39, 0.29) is 17.4 Å². The molecule has 0 bridgehead atoms. The van der Waals surface area contributed by atoms with Gasteiger partial charge in [-0.25, -0.2) is 9.07 Å². The molecule has 1 aliphatic carbocycles. The summed E-state index contributed by atoms with van der Waals surface area (Å²) in [5.41, 5.74) is 2.74. The van der Waals surface area contributed by atoms with E-state index in [0.717, 1.165) is 12.8 Å². The molecule has 0 aliphatic heterocycles. The number of carbonyl (C=O) groups is 1. The topological polar surface area (TPSA) is 112 Å². The number of hydrogen-bond donors (Lipinski definition) is 2. The fourth-order valence-electron chi connectivity index (χ4n) is 4.36. The monoisotopic (exact) mass is 541 g/mol. The molecule has 0 radical (unpaired) electrons. The van der Waals surface area contributed by atoms with E-state index < -0.39 is 11.8 Å². The van der Waals surface area contributed by atoms with Crippen LogP contribution in [0.3, 0.4) is 0 Å². The molecule has 0 unspecified atom stereocenters. The highest BCUT2D eigenvalue weighted by Gasteiger charge is 2.28. The van der Waals surface area contributed by atoms with E-state index in [9.17, 15) is 15.8 Å². The third kappa shape index (κ3) is 5.73. The average Bonchev–Trinajstić information content (AvgIpc) is 3.65. The van der Waals surface area contributed by atoms with Crippen LogP contribution in [0.4, 0.5) is 15.8 Å². The zero-order valence-electron chi connectivity index (χ0n) is 24.3. The largest absolute Gasteiger partial charge is 0.383 e. The first-order chi connectivity index (χ1) is 19.4. The number of anilines is 2. The van der Waals surface area contributed by atoms with Gasteiger partial charge in [0.05, 0.1) is 42.0 Å². The van der Waals surface area contributed by atoms with Crippen molar-refractivity contribution < 1.29 is 10.6 Å². The van der Waals surface area contributed by atoms with Crippen LogP contribution in [0.2, 0.25) is 0 Å². The Morgan fingerprint density at radius 1 is 1.27 bits per heavy atom. The highest BCUT2D eigenvalue weighted by Crippen LogP contribution is 2.37. The molecule has 206 valence electrons. The van der Waals surface area contributed by atoms with Gasteiger partial charge in [0.2, 0.25) is 0 Å². The number of benzene rings is 2. The van der Waals surface area contributed by atoms with Gasteiger partial charge >= 0.3 is 0 Å². The van der Waals surface area contributed by atoms with Crippen molar-refractivity contribution in [2.75, 3.05) is 31.3 Å². The van der Waals surface area contributed by atoms with Crippen LogP contribution in [0.25, 0.3) is 10.9 Å². The minimum absolute atomic E-state index is 0.0905. The SMILES string of the molecule is [2H][C@](Nc1cc(C(=O)N(C)C)c2ncc(C#N)c(NCC(C)(C)C)c2c1)(c1ccc(F)cc1)c1cn(C2CC2)nn1. The van der Waals surface area contributed by atoms with Crippen LogP contribution in [-0.4, -0.2) is 51.4 Å². The molecule has 2 heterocycles. The Balaban J connectivity index is 1.70. The van der Waals surface area contributed by atoms with Crippen LogP contribution in [-0.2, 0) is 0 Å². The second kappa shape index (κ2) is 10.6. The Labute approximate surface area is 234 Å². The molecule has 5 rings (SSSR count). The summed E-state index contributed by atoms with van der Waals surface area (Å²) < 4.78 is 25.3. The molecule has 2 aromatic heterocycles. The Morgan fingerprint density at radius 2 is 2.00 bits per heavy atom. The fourth-order valence-corrected chi connectivity index (χ4v) is 4.36. The maximum Gasteiger partial charge on any atom is 0.255 e. The first kappa shape index (κ1) is 25.7. The normalized spacial score (nSPS) is 15.2. The quantitative estimate of drug-likeness (QED) is 0.302. The Hall–Kier alpha value is -4.52. The molecule has 4 aromatic rings. The maximum atomic E-state index is 13.9. The van der Waals surface area contributed by atoms with Gasteiger partial charge in [0.25, 0.3) is 5.91 Å². The molecule has 0 spiro atoms. The van der Waals surface area contributed by atoms with Gasteiger partial charge in [-0.2, -0.15) is 5.26 Å². The summed E-state index contributed by atoms with van der Waals surface area (Å²) in [6.07, 6.45) is 5.20. The number of fused-ring (bicyclic) bond motifs is 1. The summed E-state index contributed by atoms with van der Waals surface area (Å²) in [6.45, 7) is 6.80. The van der Waals surface area contributed by atoms with Gasteiger partial charge in [-0.1, -0.05) is 38.1 Å². The van der Waals surface area contributed by atoms with Crippen LogP contribution in [0.5, 0.6) is 0 Å². The average molecular weight is 542 g/mol. The summed E-state index contributed by atoms with van der Waals surface area (Å²) >= 11 is 0. The van der Waals surface area contributed by atoms with Crippen molar-refractivity contribution in [3.05, 3.63) is 77.0 Å². The highest BCUT2D eigenvalue weighted by molar-refractivity contribution is 6.10. The van der Waals surface area contributed by atoms with Crippen molar-refractivity contribution in [1.82, 2.24) is 24.9 Å². The lowest BCUT2D eigenvalue weighted by Gasteiger charge is -2.23. The number of pyridine rings is 1. The van der Waals surface area contributed by atoms with Crippen molar-refractivity contribution in [2.24, 2.45) is 5.41 Å². The molecule has 0 saturated heterocycles. The van der Waals surface area contributed by atoms with Gasteiger partial charge in [-0.05, 0) is 48.1 Å². The van der Waals surface area contributed by atoms with Crippen molar-refractivity contribution in [3.8, 4) is 6.07 Å². The number of halogens is 1. The lowest BCUT2D eigenvalue weighted by molar-refractivity contribution is 0.0829. The molecule has 9 nitrogen and oxygen atoms in total. The van der Waals surface area contributed by atoms with Gasteiger partial charge in [-0.15, -0.1) is 5.10 Å². The summed E-state index contributed by atoms with van der Waals surface area (Å²) in [6, 6.07) is 9.87. The van der Waals surface area contributed by atoms with Gasteiger partial charge in [0, 0.05) is 37.9 Å². The molecule has 1 atom stereocenters. The molecule has 1 aliphatic rings. The van der Waals surface area contributed by atoms with Gasteiger partial charge < -0.3 is 15.5 Å². The Morgan fingerprint density at radius 3 is 2.62 bits per heavy atom. The van der Waals surface area contributed by atoms with E-state index in [2.05, 4.69) is 52.8 Å². The second-order valence-corrected chi connectivity index (χ2v) is 11.5. The molecule has 10 heteroatoms. The number of nitrogens with one attached hydrogen (secondary N) is 2. The number of amides is 1. The van der Waals surface area contributed by atoms with Crippen LogP contribution in [0.15, 0.2) is 48.8 Å². The van der Waals surface area contributed by atoms with Gasteiger partial charge in [-0.3, -0.25) is 9.78 Å². The van der Waals surface area contributed by atoms with Gasteiger partial charge in [0.15, 0.2) is 0 Å². The van der Waals surface area contributed by atoms with E-state index in [4.69, 9.17) is 0 Å². The van der Waals surface area contributed by atoms with E-state index in [1.165, 1.54) is 35.4 Å². The van der Waals surface area contributed by atoms with Crippen LogP contribution < -0.4 is 10.6 Å². The Kier molecular flexibility index (Phi) is 6.80. The highest BCUT2D eigenvalue weighted by atomic mass is 19.1. The summed E-state index contributed by atoms with van der Waals surface area (Å²) in [5, 5.41) is 25.7. The molecule has 2 N–H and O–H groups in total. The summed E-state index contributed by atoms with van der Waals surface area (Å²) in [5.74, 6) is -0.707. The lowest BCUT2D eigenvalue weighted by atomic mass is 9.96. The van der Waals surface area contributed by atoms with Crippen LogP contribution in [0.1, 0.15) is 74.2 Å². The molecule has 2 aromatic carbocycles. The number of aromatic nitrogens is 4. The minimum atomic E-state index is -1.67. The predicted molar refractivity (Wildman–Crippen MR) is 153 cm³/mol. The number of nitriles is 1. The number of nitrogens with zero attached hydrogens (tertiary/aromatic N) is 6.